The molecular formula is C22H24N4O2S2. The van der Waals surface area contributed by atoms with E-state index in [1.807, 2.05) is 11.0 Å². The van der Waals surface area contributed by atoms with Crippen molar-refractivity contribution in [3.05, 3.63) is 46.3 Å². The highest BCUT2D eigenvalue weighted by atomic mass is 32.2. The molecule has 156 valence electrons. The summed E-state index contributed by atoms with van der Waals surface area (Å²) in [5, 5.41) is 4.46. The SMILES string of the molecule is CC(=O)c1cc2c(s1)SCC1C(C(=O)N3CCN(c4ccc(C)cc4)CC3)=NNC21. The summed E-state index contributed by atoms with van der Waals surface area (Å²) < 4.78 is 1.17. The fraction of sp³-hybridized carbons (Fsp3) is 0.409. The molecule has 1 aromatic carbocycles. The summed E-state index contributed by atoms with van der Waals surface area (Å²) in [4.78, 5) is 30.1. The second kappa shape index (κ2) is 7.74. The smallest absolute Gasteiger partial charge is 0.270 e. The average molecular weight is 441 g/mol. The maximum atomic E-state index is 13.2. The number of amides is 1. The topological polar surface area (TPSA) is 65.0 Å². The van der Waals surface area contributed by atoms with E-state index in [1.54, 1.807) is 30.0 Å². The quantitative estimate of drug-likeness (QED) is 0.742. The molecule has 30 heavy (non-hydrogen) atoms. The van der Waals surface area contributed by atoms with E-state index in [1.165, 1.54) is 15.5 Å². The van der Waals surface area contributed by atoms with Gasteiger partial charge in [-0.25, -0.2) is 0 Å². The molecule has 0 spiro atoms. The maximum Gasteiger partial charge on any atom is 0.270 e. The van der Waals surface area contributed by atoms with Gasteiger partial charge in [-0.2, -0.15) is 5.10 Å². The van der Waals surface area contributed by atoms with Gasteiger partial charge in [0.1, 0.15) is 5.71 Å². The van der Waals surface area contributed by atoms with Gasteiger partial charge in [0.15, 0.2) is 5.78 Å². The van der Waals surface area contributed by atoms with E-state index < -0.39 is 0 Å². The number of nitrogens with one attached hydrogen (secondary N) is 1. The Labute approximate surface area is 184 Å². The minimum absolute atomic E-state index is 0.00148. The highest BCUT2D eigenvalue weighted by molar-refractivity contribution is 8.01. The number of carbonyl (C=O) groups excluding carboxylic acids is 2. The number of hydrogen-bond acceptors (Lipinski definition) is 7. The third-order valence-electron chi connectivity index (χ3n) is 6.06. The first-order valence-corrected chi connectivity index (χ1v) is 12.0. The Morgan fingerprint density at radius 2 is 1.87 bits per heavy atom. The van der Waals surface area contributed by atoms with Crippen molar-refractivity contribution >= 4 is 46.2 Å². The molecule has 4 heterocycles. The van der Waals surface area contributed by atoms with Crippen LogP contribution in [0.25, 0.3) is 0 Å². The van der Waals surface area contributed by atoms with Gasteiger partial charge in [-0.3, -0.25) is 9.59 Å². The molecule has 3 aliphatic rings. The summed E-state index contributed by atoms with van der Waals surface area (Å²) in [5.41, 5.74) is 7.40. The Balaban J connectivity index is 1.25. The Kier molecular flexibility index (Phi) is 5.06. The summed E-state index contributed by atoms with van der Waals surface area (Å²) in [6.07, 6.45) is 0. The van der Waals surface area contributed by atoms with Gasteiger partial charge < -0.3 is 15.2 Å². The standard InChI is InChI=1S/C22H24N4O2S2/c1-13-3-5-15(6-4-13)25-7-9-26(10-8-25)21(28)20-17-12-29-22-16(19(17)23-24-20)11-18(30-22)14(2)27/h3-6,11,17,19,23H,7-10,12H2,1-2H3. The summed E-state index contributed by atoms with van der Waals surface area (Å²) >= 11 is 3.29. The zero-order chi connectivity index (χ0) is 20.8. The van der Waals surface area contributed by atoms with Gasteiger partial charge in [0.05, 0.1) is 15.1 Å². The molecular weight excluding hydrogens is 416 g/mol. The Morgan fingerprint density at radius 3 is 2.57 bits per heavy atom. The third-order valence-corrected chi connectivity index (χ3v) is 8.74. The van der Waals surface area contributed by atoms with Crippen molar-refractivity contribution in [3.8, 4) is 0 Å². The highest BCUT2D eigenvalue weighted by Crippen LogP contribution is 2.46. The molecule has 2 atom stereocenters. The van der Waals surface area contributed by atoms with E-state index in [0.717, 1.165) is 29.3 Å². The van der Waals surface area contributed by atoms with Gasteiger partial charge in [-0.05, 0) is 32.0 Å². The molecule has 6 nitrogen and oxygen atoms in total. The normalized spacial score (nSPS) is 22.8. The molecule has 0 bridgehead atoms. The summed E-state index contributed by atoms with van der Waals surface area (Å²) in [7, 11) is 0. The molecule has 0 radical (unpaired) electrons. The predicted molar refractivity (Wildman–Crippen MR) is 122 cm³/mol. The van der Waals surface area contributed by atoms with Crippen molar-refractivity contribution < 1.29 is 9.59 Å². The molecule has 3 aliphatic heterocycles. The summed E-state index contributed by atoms with van der Waals surface area (Å²) in [6.45, 7) is 6.75. The van der Waals surface area contributed by atoms with Crippen LogP contribution in [0.1, 0.15) is 33.8 Å². The second-order valence-corrected chi connectivity index (χ2v) is 10.4. The first-order chi connectivity index (χ1) is 14.5. The molecule has 0 aliphatic carbocycles. The van der Waals surface area contributed by atoms with Crippen molar-refractivity contribution in [2.75, 3.05) is 36.8 Å². The largest absolute Gasteiger partial charge is 0.368 e. The highest BCUT2D eigenvalue weighted by Gasteiger charge is 2.43. The zero-order valence-electron chi connectivity index (χ0n) is 17.1. The zero-order valence-corrected chi connectivity index (χ0v) is 18.7. The number of piperazine rings is 1. The first-order valence-electron chi connectivity index (χ1n) is 10.2. The number of aryl methyl sites for hydroxylation is 1. The van der Waals surface area contributed by atoms with Crippen LogP contribution in [0.2, 0.25) is 0 Å². The van der Waals surface area contributed by atoms with Gasteiger partial charge in [-0.1, -0.05) is 17.7 Å². The Bertz CT molecular complexity index is 1020. The minimum Gasteiger partial charge on any atom is -0.368 e. The fourth-order valence-corrected chi connectivity index (χ4v) is 6.86. The van der Waals surface area contributed by atoms with Crippen LogP contribution in [-0.4, -0.2) is 54.2 Å². The first kappa shape index (κ1) is 19.6. The average Bonchev–Trinajstić information content (AvgIpc) is 3.38. The van der Waals surface area contributed by atoms with Crippen molar-refractivity contribution in [2.45, 2.75) is 24.1 Å². The molecule has 2 unspecified atom stereocenters. The Hall–Kier alpha value is -2.32. The number of Topliss-reactive ketones (excluding diaryl/α,β-unsaturated/α-hetero) is 1. The number of hydrazone groups is 1. The molecule has 1 N–H and O–H groups in total. The van der Waals surface area contributed by atoms with Crippen LogP contribution in [0.3, 0.4) is 0 Å². The van der Waals surface area contributed by atoms with Crippen LogP contribution in [0, 0.1) is 12.8 Å². The molecule has 8 heteroatoms. The van der Waals surface area contributed by atoms with E-state index in [9.17, 15) is 9.59 Å². The number of nitrogens with zero attached hydrogens (tertiary/aromatic N) is 3. The fourth-order valence-electron chi connectivity index (χ4n) is 4.28. The number of hydrogen-bond donors (Lipinski definition) is 1. The lowest BCUT2D eigenvalue weighted by molar-refractivity contribution is -0.124. The number of ketones is 1. The van der Waals surface area contributed by atoms with Gasteiger partial charge in [0.2, 0.25) is 0 Å². The Morgan fingerprint density at radius 1 is 1.13 bits per heavy atom. The van der Waals surface area contributed by atoms with Crippen molar-refractivity contribution in [1.29, 1.82) is 0 Å². The molecule has 5 rings (SSSR count). The minimum atomic E-state index is -0.00148. The van der Waals surface area contributed by atoms with Crippen LogP contribution < -0.4 is 10.3 Å². The van der Waals surface area contributed by atoms with E-state index >= 15 is 0 Å². The van der Waals surface area contributed by atoms with Gasteiger partial charge >= 0.3 is 0 Å². The number of benzene rings is 1. The van der Waals surface area contributed by atoms with Crippen LogP contribution in [0.5, 0.6) is 0 Å². The third kappa shape index (κ3) is 3.41. The lowest BCUT2D eigenvalue weighted by Crippen LogP contribution is -2.51. The molecule has 1 amide bonds. The molecule has 1 fully saturated rings. The van der Waals surface area contributed by atoms with Crippen LogP contribution in [0.4, 0.5) is 5.69 Å². The van der Waals surface area contributed by atoms with Crippen molar-refractivity contribution in [1.82, 2.24) is 10.3 Å². The van der Waals surface area contributed by atoms with Crippen molar-refractivity contribution in [3.63, 3.8) is 0 Å². The van der Waals surface area contributed by atoms with Crippen LogP contribution >= 0.6 is 23.1 Å². The van der Waals surface area contributed by atoms with Crippen LogP contribution in [0.15, 0.2) is 39.6 Å². The van der Waals surface area contributed by atoms with Gasteiger partial charge in [-0.15, -0.1) is 23.1 Å². The number of rotatable bonds is 3. The number of carbonyl (C=O) groups is 2. The summed E-state index contributed by atoms with van der Waals surface area (Å²) in [5.74, 6) is 1.01. The second-order valence-electron chi connectivity index (χ2n) is 8.05. The van der Waals surface area contributed by atoms with E-state index in [0.29, 0.717) is 18.8 Å². The number of thiophene rings is 1. The van der Waals surface area contributed by atoms with Crippen molar-refractivity contribution in [2.24, 2.45) is 11.0 Å². The number of anilines is 1. The van der Waals surface area contributed by atoms with E-state index in [2.05, 4.69) is 46.6 Å². The number of thioether (sulfide) groups is 1. The molecule has 2 aromatic rings. The van der Waals surface area contributed by atoms with Gasteiger partial charge in [0.25, 0.3) is 5.91 Å². The molecule has 1 saturated heterocycles. The lowest BCUT2D eigenvalue weighted by atomic mass is 9.92. The predicted octanol–water partition coefficient (Wildman–Crippen LogP) is 3.33. The lowest BCUT2D eigenvalue weighted by Gasteiger charge is -2.36. The monoisotopic (exact) mass is 440 g/mol. The maximum absolute atomic E-state index is 13.2. The molecule has 1 aromatic heterocycles. The van der Waals surface area contributed by atoms with Gasteiger partial charge in [0, 0.05) is 49.1 Å². The molecule has 0 saturated carbocycles. The van der Waals surface area contributed by atoms with E-state index in [-0.39, 0.29) is 23.7 Å². The van der Waals surface area contributed by atoms with Crippen LogP contribution in [-0.2, 0) is 4.79 Å². The van der Waals surface area contributed by atoms with E-state index in [4.69, 9.17) is 0 Å². The number of fused-ring (bicyclic) bond motifs is 3. The summed E-state index contributed by atoms with van der Waals surface area (Å²) in [6, 6.07) is 10.5.